The number of amides is 1. The number of hydrogen-bond donors (Lipinski definition) is 2. The van der Waals surface area contributed by atoms with Crippen LogP contribution in [0.5, 0.6) is 5.75 Å². The fourth-order valence-electron chi connectivity index (χ4n) is 4.98. The molecular weight excluding hydrogens is 531 g/mol. The molecule has 212 valence electrons. The van der Waals surface area contributed by atoms with Crippen LogP contribution < -0.4 is 10.1 Å². The van der Waals surface area contributed by atoms with Crippen LogP contribution in [-0.4, -0.2) is 28.2 Å². The van der Waals surface area contributed by atoms with Crippen LogP contribution in [0.3, 0.4) is 0 Å². The van der Waals surface area contributed by atoms with E-state index >= 15 is 0 Å². The third-order valence-corrected chi connectivity index (χ3v) is 7.04. The second kappa shape index (κ2) is 13.0. The van der Waals surface area contributed by atoms with E-state index in [0.29, 0.717) is 17.9 Å². The van der Waals surface area contributed by atoms with Crippen LogP contribution in [0.2, 0.25) is 0 Å². The molecule has 0 aliphatic carbocycles. The van der Waals surface area contributed by atoms with E-state index in [2.05, 4.69) is 28.1 Å². The lowest BCUT2D eigenvalue weighted by atomic mass is 9.98. The molecule has 42 heavy (non-hydrogen) atoms. The van der Waals surface area contributed by atoms with Gasteiger partial charge < -0.3 is 19.7 Å². The quantitative estimate of drug-likeness (QED) is 0.128. The van der Waals surface area contributed by atoms with Crippen molar-refractivity contribution in [3.05, 3.63) is 138 Å². The number of halogens is 1. The molecule has 0 fully saturated rings. The molecule has 1 unspecified atom stereocenters. The molecular formula is C35H31FN2O4. The number of hydrogen-bond acceptors (Lipinski definition) is 3. The first-order chi connectivity index (χ1) is 20.4. The summed E-state index contributed by atoms with van der Waals surface area (Å²) in [6, 6.07) is 31.8. The fraction of sp³-hybridized carbons (Fsp3) is 0.143. The number of ether oxygens (including phenoxy) is 1. The number of anilines is 1. The van der Waals surface area contributed by atoms with Gasteiger partial charge in [-0.1, -0.05) is 60.7 Å². The number of benzene rings is 4. The number of nitrogens with zero attached hydrogens (tertiary/aromatic N) is 1. The number of para-hydroxylation sites is 2. The first-order valence-corrected chi connectivity index (χ1v) is 13.7. The average Bonchev–Trinajstić information content (AvgIpc) is 3.40. The van der Waals surface area contributed by atoms with Crippen LogP contribution in [0.4, 0.5) is 10.1 Å². The number of fused-ring (bicyclic) bond motifs is 1. The van der Waals surface area contributed by atoms with Gasteiger partial charge in [0.2, 0.25) is 5.91 Å². The van der Waals surface area contributed by atoms with Crippen LogP contribution >= 0.6 is 0 Å². The second-order valence-corrected chi connectivity index (χ2v) is 10.0. The van der Waals surface area contributed by atoms with E-state index < -0.39 is 5.97 Å². The van der Waals surface area contributed by atoms with Crippen LogP contribution in [-0.2, 0) is 9.59 Å². The minimum atomic E-state index is -0.876. The van der Waals surface area contributed by atoms with E-state index in [1.54, 1.807) is 30.3 Å². The summed E-state index contributed by atoms with van der Waals surface area (Å²) >= 11 is 0. The largest absolute Gasteiger partial charge is 0.491 e. The summed E-state index contributed by atoms with van der Waals surface area (Å²) in [5, 5.41) is 12.7. The van der Waals surface area contributed by atoms with E-state index in [4.69, 9.17) is 9.84 Å². The van der Waals surface area contributed by atoms with Crippen molar-refractivity contribution in [3.8, 4) is 5.75 Å². The van der Waals surface area contributed by atoms with Gasteiger partial charge in [-0.05, 0) is 78.1 Å². The van der Waals surface area contributed by atoms with Gasteiger partial charge in [-0.2, -0.15) is 0 Å². The lowest BCUT2D eigenvalue weighted by molar-refractivity contribution is -0.137. The number of carboxylic acids is 1. The highest BCUT2D eigenvalue weighted by Crippen LogP contribution is 2.32. The molecule has 0 aliphatic heterocycles. The topological polar surface area (TPSA) is 80.6 Å². The molecule has 1 heterocycles. The average molecular weight is 563 g/mol. The van der Waals surface area contributed by atoms with Crippen molar-refractivity contribution in [1.82, 2.24) is 4.57 Å². The molecule has 1 atom stereocenters. The highest BCUT2D eigenvalue weighted by Gasteiger charge is 2.18. The third kappa shape index (κ3) is 6.75. The lowest BCUT2D eigenvalue weighted by Gasteiger charge is -2.22. The molecule has 1 aromatic heterocycles. The Labute approximate surface area is 243 Å². The van der Waals surface area contributed by atoms with E-state index in [-0.39, 0.29) is 30.8 Å². The molecule has 4 aromatic carbocycles. The van der Waals surface area contributed by atoms with Gasteiger partial charge in [0.15, 0.2) is 0 Å². The normalized spacial score (nSPS) is 12.2. The first kappa shape index (κ1) is 28.4. The molecule has 7 heteroatoms. The molecule has 0 saturated heterocycles. The molecule has 0 bridgehead atoms. The third-order valence-electron chi connectivity index (χ3n) is 7.04. The maximum Gasteiger partial charge on any atom is 0.303 e. The molecule has 0 saturated carbocycles. The van der Waals surface area contributed by atoms with Gasteiger partial charge in [-0.25, -0.2) is 4.39 Å². The highest BCUT2D eigenvalue weighted by atomic mass is 19.1. The maximum atomic E-state index is 13.7. The van der Waals surface area contributed by atoms with Gasteiger partial charge in [0.1, 0.15) is 11.6 Å². The summed E-state index contributed by atoms with van der Waals surface area (Å²) in [5.41, 5.74) is 5.30. The molecule has 2 N–H and O–H groups in total. The lowest BCUT2D eigenvalue weighted by Crippen LogP contribution is -2.11. The Morgan fingerprint density at radius 2 is 1.64 bits per heavy atom. The number of carbonyl (C=O) groups excluding carboxylic acids is 1. The predicted octanol–water partition coefficient (Wildman–Crippen LogP) is 7.70. The number of allylic oxidation sites excluding steroid dienone is 1. The second-order valence-electron chi connectivity index (χ2n) is 10.0. The predicted molar refractivity (Wildman–Crippen MR) is 163 cm³/mol. The monoisotopic (exact) mass is 562 g/mol. The fourth-order valence-corrected chi connectivity index (χ4v) is 4.98. The van der Waals surface area contributed by atoms with E-state index in [1.807, 2.05) is 61.7 Å². The van der Waals surface area contributed by atoms with Crippen molar-refractivity contribution in [1.29, 1.82) is 0 Å². The van der Waals surface area contributed by atoms with Gasteiger partial charge in [-0.15, -0.1) is 0 Å². The summed E-state index contributed by atoms with van der Waals surface area (Å²) in [7, 11) is 0. The number of rotatable bonds is 11. The zero-order valence-corrected chi connectivity index (χ0v) is 23.2. The SMILES string of the molecule is CC(=CC(=O)Nc1ccccc1OCCCC(=O)O)c1ccc2c(ccn2C(c2ccccc2)c2ccc(F)cc2)c1. The Balaban J connectivity index is 1.36. The Morgan fingerprint density at radius 3 is 2.40 bits per heavy atom. The standard InChI is InChI=1S/C35H31FN2O4/c1-24(22-33(39)37-30-10-5-6-11-32(30)42-21-7-12-34(40)41)27-15-18-31-28(23-27)19-20-38(31)35(25-8-3-2-4-9-25)26-13-16-29(36)17-14-26/h2-6,8-11,13-20,22-23,35H,7,12,21H2,1H3,(H,37,39)(H,40,41). The highest BCUT2D eigenvalue weighted by molar-refractivity contribution is 6.05. The van der Waals surface area contributed by atoms with Gasteiger partial charge in [0, 0.05) is 29.6 Å². The molecule has 0 spiro atoms. The van der Waals surface area contributed by atoms with Gasteiger partial charge in [0.25, 0.3) is 0 Å². The van der Waals surface area contributed by atoms with Crippen LogP contribution in [0.25, 0.3) is 16.5 Å². The molecule has 5 aromatic rings. The van der Waals surface area contributed by atoms with Gasteiger partial charge >= 0.3 is 5.97 Å². The van der Waals surface area contributed by atoms with Crippen molar-refractivity contribution >= 4 is 34.0 Å². The minimum Gasteiger partial charge on any atom is -0.491 e. The molecule has 0 aliphatic rings. The summed E-state index contributed by atoms with van der Waals surface area (Å²) < 4.78 is 21.6. The Hall–Kier alpha value is -5.17. The van der Waals surface area contributed by atoms with Crippen molar-refractivity contribution in [2.75, 3.05) is 11.9 Å². The van der Waals surface area contributed by atoms with Crippen LogP contribution in [0.15, 0.2) is 115 Å². The summed E-state index contributed by atoms with van der Waals surface area (Å²) in [5.74, 6) is -0.962. The molecule has 1 amide bonds. The number of nitrogens with one attached hydrogen (secondary N) is 1. The molecule has 6 nitrogen and oxygen atoms in total. The van der Waals surface area contributed by atoms with Gasteiger partial charge in [0.05, 0.1) is 18.3 Å². The number of carboxylic acid groups (broad SMARTS) is 1. The number of carbonyl (C=O) groups is 2. The Bertz CT molecular complexity index is 1730. The smallest absolute Gasteiger partial charge is 0.303 e. The summed E-state index contributed by atoms with van der Waals surface area (Å²) in [4.78, 5) is 23.7. The Morgan fingerprint density at radius 1 is 0.929 bits per heavy atom. The van der Waals surface area contributed by atoms with E-state index in [9.17, 15) is 14.0 Å². The minimum absolute atomic E-state index is 0.0172. The van der Waals surface area contributed by atoms with Crippen molar-refractivity contribution < 1.29 is 23.8 Å². The first-order valence-electron chi connectivity index (χ1n) is 13.7. The van der Waals surface area contributed by atoms with Crippen molar-refractivity contribution in [2.45, 2.75) is 25.8 Å². The van der Waals surface area contributed by atoms with Crippen LogP contribution in [0, 0.1) is 5.82 Å². The number of aromatic nitrogens is 1. The van der Waals surface area contributed by atoms with Gasteiger partial charge in [-0.3, -0.25) is 9.59 Å². The summed E-state index contributed by atoms with van der Waals surface area (Å²) in [6.45, 7) is 2.12. The zero-order valence-electron chi connectivity index (χ0n) is 23.2. The molecule has 0 radical (unpaired) electrons. The zero-order chi connectivity index (χ0) is 29.5. The van der Waals surface area contributed by atoms with Crippen LogP contribution in [0.1, 0.15) is 42.5 Å². The summed E-state index contributed by atoms with van der Waals surface area (Å²) in [6.07, 6.45) is 3.97. The maximum absolute atomic E-state index is 13.7. The van der Waals surface area contributed by atoms with E-state index in [1.165, 1.54) is 12.1 Å². The van der Waals surface area contributed by atoms with Crippen molar-refractivity contribution in [2.24, 2.45) is 0 Å². The number of aliphatic carboxylic acids is 1. The van der Waals surface area contributed by atoms with E-state index in [0.717, 1.165) is 33.2 Å². The van der Waals surface area contributed by atoms with Crippen molar-refractivity contribution in [3.63, 3.8) is 0 Å². The molecule has 5 rings (SSSR count). The Kier molecular flexibility index (Phi) is 8.78.